The summed E-state index contributed by atoms with van der Waals surface area (Å²) >= 11 is 1.58. The summed E-state index contributed by atoms with van der Waals surface area (Å²) in [7, 11) is 0. The molecular weight excluding hydrogens is 1460 g/mol. The molecule has 0 unspecified atom stereocenters. The predicted octanol–water partition coefficient (Wildman–Crippen LogP) is 25.2. The minimum atomic E-state index is 0.125. The van der Waals surface area contributed by atoms with Crippen LogP contribution in [0.1, 0.15) is 5.56 Å². The van der Waals surface area contributed by atoms with E-state index in [1.54, 1.807) is 96.9 Å². The molecule has 0 atom stereocenters. The van der Waals surface area contributed by atoms with Crippen LogP contribution in [0.15, 0.2) is 356 Å². The fourth-order valence-corrected chi connectivity index (χ4v) is 15.3. The summed E-state index contributed by atoms with van der Waals surface area (Å²) in [6.45, 7) is 2.07. The quantitative estimate of drug-likeness (QED) is 0.0935. The van der Waals surface area contributed by atoms with Gasteiger partial charge in [0.25, 0.3) is 0 Å². The van der Waals surface area contributed by atoms with Crippen LogP contribution < -0.4 is 0 Å². The summed E-state index contributed by atoms with van der Waals surface area (Å²) in [4.78, 5) is 26.5. The number of para-hydroxylation sites is 3. The van der Waals surface area contributed by atoms with Crippen molar-refractivity contribution in [3.8, 4) is 90.3 Å². The summed E-state index contributed by atoms with van der Waals surface area (Å²) in [5, 5.41) is 64.9. The smallest absolute Gasteiger partial charge is 0.178 e. The van der Waals surface area contributed by atoms with Gasteiger partial charge < -0.3 is 52.7 Å². The van der Waals surface area contributed by atoms with E-state index in [-0.39, 0.29) is 28.7 Å². The molecule has 17 nitrogen and oxygen atoms in total. The SMILES string of the molecule is Cc1cccc(-c2ccnc3c2oc2c(O)cc(-c4ccccc4)cc23)c1.Oc1cc(-c2ccccc2)cc2c1oc1cccnc12.Oc1cccc2c1oc1c(-c3ccccc3)ccnc12.Oc1cccc2c1oc1ccc(-c3ccccc3)nc12.Oc1cccc2c1oc1cccnc12.Oc1cccc2c1sc1cccnc12. The first-order valence-electron chi connectivity index (χ1n) is 36.7. The number of rotatable bonds is 5. The second kappa shape index (κ2) is 30.7. The molecule has 6 N–H and O–H groups in total. The molecule has 12 heterocycles. The number of furan rings is 5. The molecule has 23 aromatic rings. The summed E-state index contributed by atoms with van der Waals surface area (Å²) in [6.07, 6.45) is 8.77. The molecule has 0 aliphatic carbocycles. The van der Waals surface area contributed by atoms with Crippen molar-refractivity contribution in [3.05, 3.63) is 340 Å². The number of thiophene rings is 1. The maximum atomic E-state index is 10.6. The van der Waals surface area contributed by atoms with Gasteiger partial charge in [0.05, 0.1) is 47.5 Å². The first kappa shape index (κ1) is 71.0. The van der Waals surface area contributed by atoms with Gasteiger partial charge in [-0.15, -0.1) is 11.3 Å². The van der Waals surface area contributed by atoms with Gasteiger partial charge in [-0.2, -0.15) is 0 Å². The lowest BCUT2D eigenvalue weighted by Gasteiger charge is -2.03. The van der Waals surface area contributed by atoms with Crippen LogP contribution in [0.3, 0.4) is 0 Å². The molecule has 0 amide bonds. The second-order valence-corrected chi connectivity index (χ2v) is 28.0. The maximum Gasteiger partial charge on any atom is 0.178 e. The minimum Gasteiger partial charge on any atom is -0.506 e. The van der Waals surface area contributed by atoms with Crippen molar-refractivity contribution in [3.63, 3.8) is 0 Å². The van der Waals surface area contributed by atoms with Crippen molar-refractivity contribution in [2.45, 2.75) is 6.92 Å². The number of phenols is 6. The third-order valence-electron chi connectivity index (χ3n) is 19.6. The summed E-state index contributed by atoms with van der Waals surface area (Å²) in [6, 6.07) is 96.1. The van der Waals surface area contributed by atoms with E-state index < -0.39 is 0 Å². The van der Waals surface area contributed by atoms with Gasteiger partial charge in [-0.1, -0.05) is 181 Å². The maximum absolute atomic E-state index is 10.6. The number of pyridine rings is 6. The molecule has 23 rings (SSSR count). The van der Waals surface area contributed by atoms with E-state index in [9.17, 15) is 30.6 Å². The lowest BCUT2D eigenvalue weighted by Crippen LogP contribution is -1.82. The van der Waals surface area contributed by atoms with Gasteiger partial charge in [0.2, 0.25) is 0 Å². The van der Waals surface area contributed by atoms with E-state index in [0.29, 0.717) is 61.6 Å². The van der Waals surface area contributed by atoms with E-state index in [2.05, 4.69) is 55.0 Å². The van der Waals surface area contributed by atoms with Crippen LogP contribution in [0.5, 0.6) is 34.5 Å². The second-order valence-electron chi connectivity index (χ2n) is 27.0. The van der Waals surface area contributed by atoms with E-state index in [4.69, 9.17) is 22.1 Å². The molecule has 18 heteroatoms. The van der Waals surface area contributed by atoms with Gasteiger partial charge >= 0.3 is 0 Å². The average molecular weight is 1520 g/mol. The molecule has 0 aliphatic rings. The standard InChI is InChI=1S/C24H17NO2.3C17H11NO2.C11H7NO2.C11H7NOS/c1-15-6-5-9-17(12-15)19-10-11-25-22-20-13-18(16-7-3-2-4-8-16)14-21(26)23(20)27-24(19)22;19-14-10-12(11-5-2-1-3-6-11)9-13-16-15(20-17(13)14)7-4-8-18-16;19-14-8-4-7-13-15-17(20-16(13)14)12(9-10-18-15)11-5-2-1-3-6-11;19-14-8-4-7-12-16-15(20-17(12)14)10-9-13(18-16)11-5-2-1-3-6-11;2*13-8-4-1-3-7-10-9(14-11(7)8)5-2-6-12-10/h2-14,26H,1H3;3*1-10,19H;2*1-6,13H. The Hall–Kier alpha value is -15.7. The number of benzene rings is 11. The number of phenolic OH excluding ortho intramolecular Hbond substituents is 6. The number of hydrogen-bond acceptors (Lipinski definition) is 18. The van der Waals surface area contributed by atoms with Crippen molar-refractivity contribution in [2.75, 3.05) is 0 Å². The molecule has 12 aromatic heterocycles. The molecule has 0 spiro atoms. The minimum absolute atomic E-state index is 0.125. The molecule has 0 saturated carbocycles. The summed E-state index contributed by atoms with van der Waals surface area (Å²) < 4.78 is 30.8. The molecule has 0 radical (unpaired) electrons. The van der Waals surface area contributed by atoms with Gasteiger partial charge in [0.1, 0.15) is 33.3 Å². The third-order valence-corrected chi connectivity index (χ3v) is 20.8. The van der Waals surface area contributed by atoms with Crippen LogP contribution in [-0.2, 0) is 0 Å². The van der Waals surface area contributed by atoms with Crippen molar-refractivity contribution in [1.29, 1.82) is 0 Å². The van der Waals surface area contributed by atoms with Gasteiger partial charge in [-0.3, -0.25) is 24.9 Å². The van der Waals surface area contributed by atoms with Gasteiger partial charge in [0, 0.05) is 53.1 Å². The van der Waals surface area contributed by atoms with E-state index in [1.807, 2.05) is 231 Å². The zero-order chi connectivity index (χ0) is 78.0. The third kappa shape index (κ3) is 13.9. The molecular formula is C97H64N6O11S. The molecule has 0 aliphatic heterocycles. The highest BCUT2D eigenvalue weighted by Crippen LogP contribution is 2.44. The topological polar surface area (TPSA) is 264 Å². The van der Waals surface area contributed by atoms with Gasteiger partial charge in [-0.25, -0.2) is 4.98 Å². The van der Waals surface area contributed by atoms with Crippen LogP contribution in [0, 0.1) is 6.92 Å². The molecule has 11 aromatic carbocycles. The fraction of sp³-hybridized carbons (Fsp3) is 0.0103. The molecule has 0 saturated heterocycles. The lowest BCUT2D eigenvalue weighted by atomic mass is 10.0. The highest BCUT2D eigenvalue weighted by atomic mass is 32.1. The molecule has 115 heavy (non-hydrogen) atoms. The molecule has 0 fully saturated rings. The first-order chi connectivity index (χ1) is 56.4. The fourth-order valence-electron chi connectivity index (χ4n) is 14.2. The van der Waals surface area contributed by atoms with Crippen molar-refractivity contribution >= 4 is 142 Å². The number of nitrogens with zero attached hydrogens (tertiary/aromatic N) is 6. The highest BCUT2D eigenvalue weighted by Gasteiger charge is 2.21. The Balaban J connectivity index is 0.0000000969. The van der Waals surface area contributed by atoms with E-state index in [0.717, 1.165) is 131 Å². The van der Waals surface area contributed by atoms with Crippen molar-refractivity contribution in [1.82, 2.24) is 29.9 Å². The van der Waals surface area contributed by atoms with Crippen molar-refractivity contribution in [2.24, 2.45) is 0 Å². The average Bonchev–Trinajstić information content (AvgIpc) is 1.61. The molecule has 554 valence electrons. The largest absolute Gasteiger partial charge is 0.506 e. The Morgan fingerprint density at radius 1 is 0.243 bits per heavy atom. The number of aromatic hydroxyl groups is 6. The van der Waals surface area contributed by atoms with Gasteiger partial charge in [-0.05, 0) is 168 Å². The number of aryl methyl sites for hydroxylation is 1. The van der Waals surface area contributed by atoms with Crippen LogP contribution >= 0.6 is 11.3 Å². The Kier molecular flexibility index (Phi) is 18.9. The Morgan fingerprint density at radius 3 is 1.20 bits per heavy atom. The van der Waals surface area contributed by atoms with E-state index in [1.165, 1.54) is 5.56 Å². The predicted molar refractivity (Wildman–Crippen MR) is 457 cm³/mol. The van der Waals surface area contributed by atoms with Crippen LogP contribution in [-0.4, -0.2) is 60.5 Å². The Bertz CT molecular complexity index is 7410. The zero-order valence-corrected chi connectivity index (χ0v) is 61.9. The highest BCUT2D eigenvalue weighted by molar-refractivity contribution is 7.26. The van der Waals surface area contributed by atoms with Crippen molar-refractivity contribution < 1.29 is 52.7 Å². The number of hydrogen-bond donors (Lipinski definition) is 6. The lowest BCUT2D eigenvalue weighted by molar-refractivity contribution is 0.468. The first-order valence-corrected chi connectivity index (χ1v) is 37.5. The number of fused-ring (bicyclic) bond motifs is 18. The van der Waals surface area contributed by atoms with E-state index >= 15 is 0 Å². The van der Waals surface area contributed by atoms with Crippen LogP contribution in [0.4, 0.5) is 0 Å². The van der Waals surface area contributed by atoms with Gasteiger partial charge in [0.15, 0.2) is 84.6 Å². The summed E-state index contributed by atoms with van der Waals surface area (Å²) in [5.41, 5.74) is 21.9. The number of aromatic nitrogens is 6. The zero-order valence-electron chi connectivity index (χ0n) is 61.1. The summed E-state index contributed by atoms with van der Waals surface area (Å²) in [5.74, 6) is 1.03. The normalized spacial score (nSPS) is 11.2. The molecule has 0 bridgehead atoms. The Morgan fingerprint density at radius 2 is 0.643 bits per heavy atom. The van der Waals surface area contributed by atoms with Crippen LogP contribution in [0.2, 0.25) is 0 Å². The monoisotopic (exact) mass is 1520 g/mol. The van der Waals surface area contributed by atoms with Crippen LogP contribution in [0.25, 0.3) is 186 Å². The Labute approximate surface area is 657 Å².